The van der Waals surface area contributed by atoms with Crippen LogP contribution in [-0.2, 0) is 8.85 Å². The number of hydrogen-bond acceptors (Lipinski definition) is 2. The number of unbranched alkanes of at least 4 members (excludes halogenated alkanes) is 44. The van der Waals surface area contributed by atoms with Crippen LogP contribution in [0.5, 0.6) is 0 Å². The van der Waals surface area contributed by atoms with Gasteiger partial charge in [-0.15, -0.1) is 0 Å². The topological polar surface area (TPSA) is 18.5 Å². The van der Waals surface area contributed by atoms with Gasteiger partial charge in [0, 0.05) is 13.2 Å². The smallest absolute Gasteiger partial charge is 0.338 e. The quantitative estimate of drug-likeness (QED) is 0.0448. The molecule has 0 rings (SSSR count). The molecule has 0 unspecified atom stereocenters. The van der Waals surface area contributed by atoms with E-state index >= 15 is 0 Å². The van der Waals surface area contributed by atoms with Gasteiger partial charge >= 0.3 is 8.56 Å². The Balaban J connectivity index is 3.92. The maximum Gasteiger partial charge on any atom is 0.338 e. The predicted molar refractivity (Wildman–Crippen MR) is 272 cm³/mol. The van der Waals surface area contributed by atoms with E-state index in [1.165, 1.54) is 320 Å². The zero-order chi connectivity index (χ0) is 42.7. The molecule has 0 spiro atoms. The zero-order valence-corrected chi connectivity index (χ0v) is 43.1. The predicted octanol–water partition coefficient (Wildman–Crippen LogP) is 21.3. The van der Waals surface area contributed by atoms with Gasteiger partial charge in [-0.25, -0.2) is 0 Å². The van der Waals surface area contributed by atoms with E-state index in [2.05, 4.69) is 27.7 Å². The van der Waals surface area contributed by atoms with Crippen LogP contribution in [0, 0.1) is 0 Å². The Bertz CT molecular complexity index is 667. The lowest BCUT2D eigenvalue weighted by molar-refractivity contribution is 0.161. The Kier molecular flexibility index (Phi) is 52.6. The van der Waals surface area contributed by atoms with Gasteiger partial charge in [-0.05, 0) is 24.9 Å². The van der Waals surface area contributed by atoms with E-state index in [-0.39, 0.29) is 0 Å². The van der Waals surface area contributed by atoms with Gasteiger partial charge in [0.25, 0.3) is 0 Å². The first kappa shape index (κ1) is 59.1. The highest BCUT2D eigenvalue weighted by atomic mass is 28.4. The summed E-state index contributed by atoms with van der Waals surface area (Å²) in [6, 6.07) is 2.47. The molecule has 0 aromatic carbocycles. The lowest BCUT2D eigenvalue weighted by Gasteiger charge is -2.31. The van der Waals surface area contributed by atoms with Crippen LogP contribution in [0.3, 0.4) is 0 Å². The molecule has 0 atom stereocenters. The minimum Gasteiger partial charge on any atom is -0.394 e. The molecule has 0 N–H and O–H groups in total. The first-order valence-electron chi connectivity index (χ1n) is 28.5. The molecule has 0 aliphatic carbocycles. The molecule has 0 radical (unpaired) electrons. The van der Waals surface area contributed by atoms with Crippen LogP contribution in [0.2, 0.25) is 12.1 Å². The Labute approximate surface area is 377 Å². The first-order chi connectivity index (χ1) is 29.2. The van der Waals surface area contributed by atoms with E-state index < -0.39 is 8.56 Å². The molecule has 0 saturated heterocycles. The molecule has 0 bridgehead atoms. The van der Waals surface area contributed by atoms with Crippen molar-refractivity contribution < 1.29 is 8.85 Å². The van der Waals surface area contributed by atoms with Gasteiger partial charge in [0.05, 0.1) is 0 Å². The molecular formula is C56H116O2Si. The van der Waals surface area contributed by atoms with Gasteiger partial charge in [0.2, 0.25) is 0 Å². The van der Waals surface area contributed by atoms with Gasteiger partial charge < -0.3 is 8.85 Å². The lowest BCUT2D eigenvalue weighted by atomic mass is 10.0. The van der Waals surface area contributed by atoms with E-state index in [4.69, 9.17) is 8.85 Å². The number of rotatable bonds is 54. The lowest BCUT2D eigenvalue weighted by Crippen LogP contribution is -2.42. The fourth-order valence-corrected chi connectivity index (χ4v) is 12.8. The summed E-state index contributed by atoms with van der Waals surface area (Å²) >= 11 is 0. The van der Waals surface area contributed by atoms with E-state index in [0.29, 0.717) is 0 Å². The van der Waals surface area contributed by atoms with Crippen molar-refractivity contribution in [3.8, 4) is 0 Å². The molecule has 0 heterocycles. The molecule has 2 nitrogen and oxygen atoms in total. The van der Waals surface area contributed by atoms with Crippen molar-refractivity contribution >= 4 is 8.56 Å². The van der Waals surface area contributed by atoms with Crippen molar-refractivity contribution in [2.24, 2.45) is 0 Å². The third kappa shape index (κ3) is 47.5. The van der Waals surface area contributed by atoms with Crippen LogP contribution < -0.4 is 0 Å². The van der Waals surface area contributed by atoms with Gasteiger partial charge in [-0.1, -0.05) is 323 Å². The van der Waals surface area contributed by atoms with Crippen LogP contribution >= 0.6 is 0 Å². The minimum absolute atomic E-state index is 0.924. The van der Waals surface area contributed by atoms with E-state index in [0.717, 1.165) is 13.2 Å². The third-order valence-corrected chi connectivity index (χ3v) is 17.2. The van der Waals surface area contributed by atoms with Gasteiger partial charge in [-0.2, -0.15) is 0 Å². The van der Waals surface area contributed by atoms with E-state index in [9.17, 15) is 0 Å². The highest BCUT2D eigenvalue weighted by molar-refractivity contribution is 6.67. The van der Waals surface area contributed by atoms with Gasteiger partial charge in [0.15, 0.2) is 0 Å². The summed E-state index contributed by atoms with van der Waals surface area (Å²) in [7, 11) is -2.10. The summed E-state index contributed by atoms with van der Waals surface area (Å²) in [6.07, 6.45) is 68.6. The average Bonchev–Trinajstić information content (AvgIpc) is 3.24. The maximum atomic E-state index is 6.83. The Morgan fingerprint density at radius 3 is 0.508 bits per heavy atom. The second kappa shape index (κ2) is 52.5. The molecule has 0 fully saturated rings. The standard InChI is InChI=1S/C56H116O2Si/c1-5-9-13-15-17-19-21-23-25-27-29-31-33-35-37-39-41-43-45-47-49-51-55-59(57-53-11-7-3,58-54-12-8-4)56-52-50-48-46-44-42-40-38-36-34-32-30-28-26-24-22-20-18-16-14-10-6-2/h5-56H2,1-4H3. The second-order valence-corrected chi connectivity index (χ2v) is 23.1. The Hall–Kier alpha value is 0.137. The third-order valence-electron chi connectivity index (χ3n) is 13.5. The summed E-state index contributed by atoms with van der Waals surface area (Å²) in [5.74, 6) is 0. The molecule has 59 heavy (non-hydrogen) atoms. The zero-order valence-electron chi connectivity index (χ0n) is 42.1. The maximum absolute atomic E-state index is 6.83. The number of hydrogen-bond donors (Lipinski definition) is 0. The molecule has 356 valence electrons. The molecule has 0 amide bonds. The molecule has 0 aliphatic heterocycles. The monoisotopic (exact) mass is 849 g/mol. The van der Waals surface area contributed by atoms with E-state index in [1.807, 2.05) is 0 Å². The molecule has 0 aromatic heterocycles. The first-order valence-corrected chi connectivity index (χ1v) is 30.8. The highest BCUT2D eigenvalue weighted by Gasteiger charge is 2.36. The van der Waals surface area contributed by atoms with Gasteiger partial charge in [-0.3, -0.25) is 0 Å². The second-order valence-electron chi connectivity index (χ2n) is 19.7. The molecular weight excluding hydrogens is 733 g/mol. The molecule has 0 saturated carbocycles. The summed E-state index contributed by atoms with van der Waals surface area (Å²) < 4.78 is 13.7. The summed E-state index contributed by atoms with van der Waals surface area (Å²) in [5, 5.41) is 0. The Morgan fingerprint density at radius 2 is 0.339 bits per heavy atom. The van der Waals surface area contributed by atoms with Crippen LogP contribution in [-0.4, -0.2) is 21.8 Å². The minimum atomic E-state index is -2.10. The largest absolute Gasteiger partial charge is 0.394 e. The summed E-state index contributed by atoms with van der Waals surface area (Å²) in [5.41, 5.74) is 0. The van der Waals surface area contributed by atoms with Crippen molar-refractivity contribution in [3.63, 3.8) is 0 Å². The van der Waals surface area contributed by atoms with Crippen LogP contribution in [0.4, 0.5) is 0 Å². The fraction of sp³-hybridized carbons (Fsp3) is 1.00. The SMILES string of the molecule is CCCCCCCCCCCCCCCCCCCCCCCC[Si](CCCCCCCCCCCCCCCCCCCCCCCC)(OCCCC)OCCCC. The van der Waals surface area contributed by atoms with Crippen molar-refractivity contribution in [3.05, 3.63) is 0 Å². The van der Waals surface area contributed by atoms with Crippen molar-refractivity contribution in [1.29, 1.82) is 0 Å². The van der Waals surface area contributed by atoms with E-state index in [1.54, 1.807) is 0 Å². The van der Waals surface area contributed by atoms with Crippen molar-refractivity contribution in [2.75, 3.05) is 13.2 Å². The molecule has 0 aliphatic rings. The molecule has 0 aromatic rings. The summed E-state index contributed by atoms with van der Waals surface area (Å²) in [4.78, 5) is 0. The highest BCUT2D eigenvalue weighted by Crippen LogP contribution is 2.28. The van der Waals surface area contributed by atoms with Crippen LogP contribution in [0.15, 0.2) is 0 Å². The normalized spacial score (nSPS) is 12.0. The molecule has 3 heteroatoms. The van der Waals surface area contributed by atoms with Crippen molar-refractivity contribution in [2.45, 2.75) is 348 Å². The fourth-order valence-electron chi connectivity index (χ4n) is 9.27. The Morgan fingerprint density at radius 1 is 0.186 bits per heavy atom. The van der Waals surface area contributed by atoms with Crippen LogP contribution in [0.25, 0.3) is 0 Å². The van der Waals surface area contributed by atoms with Gasteiger partial charge in [0.1, 0.15) is 0 Å². The van der Waals surface area contributed by atoms with Crippen molar-refractivity contribution in [1.82, 2.24) is 0 Å². The summed E-state index contributed by atoms with van der Waals surface area (Å²) in [6.45, 7) is 11.1. The average molecular weight is 850 g/mol. The van der Waals surface area contributed by atoms with Crippen LogP contribution in [0.1, 0.15) is 336 Å².